The monoisotopic (exact) mass is 254 g/mol. The summed E-state index contributed by atoms with van der Waals surface area (Å²) >= 11 is 0. The van der Waals surface area contributed by atoms with E-state index in [0.29, 0.717) is 18.6 Å². The average molecular weight is 254 g/mol. The van der Waals surface area contributed by atoms with Crippen LogP contribution in [0.4, 0.5) is 0 Å². The highest BCUT2D eigenvalue weighted by Crippen LogP contribution is 2.16. The smallest absolute Gasteiger partial charge is 0.244 e. The molecule has 0 unspecified atom stereocenters. The van der Waals surface area contributed by atoms with E-state index in [2.05, 4.69) is 15.4 Å². The zero-order valence-corrected chi connectivity index (χ0v) is 10.8. The highest BCUT2D eigenvalue weighted by Gasteiger charge is 2.17. The Bertz CT molecular complexity index is 421. The maximum Gasteiger partial charge on any atom is 0.244 e. The Morgan fingerprint density at radius 3 is 2.89 bits per heavy atom. The molecule has 0 atom stereocenters. The van der Waals surface area contributed by atoms with Crippen LogP contribution in [0.1, 0.15) is 25.8 Å². The van der Waals surface area contributed by atoms with Crippen molar-refractivity contribution in [3.05, 3.63) is 17.8 Å². The first-order chi connectivity index (χ1) is 8.50. The van der Waals surface area contributed by atoms with E-state index in [1.165, 1.54) is 6.20 Å². The maximum atomic E-state index is 8.64. The van der Waals surface area contributed by atoms with Crippen LogP contribution in [0.3, 0.4) is 0 Å². The van der Waals surface area contributed by atoms with E-state index in [9.17, 15) is 0 Å². The normalized spacial score (nSPS) is 12.5. The van der Waals surface area contributed by atoms with Gasteiger partial charge in [0.1, 0.15) is 0 Å². The molecule has 1 aromatic heterocycles. The molecule has 0 aromatic carbocycles. The van der Waals surface area contributed by atoms with Crippen LogP contribution in [-0.2, 0) is 4.74 Å². The van der Waals surface area contributed by atoms with Crippen molar-refractivity contribution in [3.8, 4) is 5.88 Å². The minimum absolute atomic E-state index is 0.0640. The van der Waals surface area contributed by atoms with Crippen molar-refractivity contribution >= 4 is 5.84 Å². The van der Waals surface area contributed by atoms with Gasteiger partial charge in [-0.3, -0.25) is 0 Å². The molecule has 0 aliphatic carbocycles. The van der Waals surface area contributed by atoms with Crippen LogP contribution >= 0.6 is 0 Å². The molecule has 3 N–H and O–H groups in total. The summed E-state index contributed by atoms with van der Waals surface area (Å²) in [4.78, 5) is 0. The van der Waals surface area contributed by atoms with Gasteiger partial charge in [0.05, 0.1) is 24.0 Å². The molecule has 0 saturated heterocycles. The van der Waals surface area contributed by atoms with Gasteiger partial charge in [0.2, 0.25) is 5.88 Å². The number of amidine groups is 1. The predicted octanol–water partition coefficient (Wildman–Crippen LogP) is 0.765. The molecular formula is C11H18N4O3. The summed E-state index contributed by atoms with van der Waals surface area (Å²) in [7, 11) is 1.64. The number of nitrogens with two attached hydrogens (primary N) is 1. The van der Waals surface area contributed by atoms with E-state index in [4.69, 9.17) is 20.4 Å². The second-order valence-corrected chi connectivity index (χ2v) is 4.30. The van der Waals surface area contributed by atoms with Crippen molar-refractivity contribution in [1.82, 2.24) is 10.2 Å². The van der Waals surface area contributed by atoms with Gasteiger partial charge in [-0.2, -0.15) is 5.10 Å². The molecule has 0 spiro atoms. The van der Waals surface area contributed by atoms with Crippen molar-refractivity contribution in [3.63, 3.8) is 0 Å². The molecule has 1 aromatic rings. The minimum atomic E-state index is -0.279. The van der Waals surface area contributed by atoms with Gasteiger partial charge in [-0.1, -0.05) is 5.16 Å². The molecule has 7 heteroatoms. The zero-order chi connectivity index (χ0) is 13.6. The van der Waals surface area contributed by atoms with Crippen molar-refractivity contribution in [2.75, 3.05) is 13.7 Å². The van der Waals surface area contributed by atoms with Gasteiger partial charge in [-0.05, 0) is 19.9 Å². The van der Waals surface area contributed by atoms with Gasteiger partial charge in [0.25, 0.3) is 0 Å². The molecule has 0 aliphatic rings. The first kappa shape index (κ1) is 14.2. The van der Waals surface area contributed by atoms with Crippen LogP contribution in [0.5, 0.6) is 5.88 Å². The van der Waals surface area contributed by atoms with E-state index in [-0.39, 0.29) is 17.3 Å². The second kappa shape index (κ2) is 6.15. The van der Waals surface area contributed by atoms with Gasteiger partial charge in [-0.25, -0.2) is 0 Å². The molecule has 0 saturated carbocycles. The molecule has 0 fully saturated rings. The van der Waals surface area contributed by atoms with Crippen LogP contribution in [0, 0.1) is 0 Å². The molecule has 0 bridgehead atoms. The first-order valence-corrected chi connectivity index (χ1v) is 5.47. The summed E-state index contributed by atoms with van der Waals surface area (Å²) in [5.41, 5.74) is 5.63. The highest BCUT2D eigenvalue weighted by atomic mass is 16.5. The molecule has 0 amide bonds. The number of methoxy groups -OCH3 is 1. The topological polar surface area (TPSA) is 103 Å². The summed E-state index contributed by atoms with van der Waals surface area (Å²) in [6.45, 7) is 4.31. The van der Waals surface area contributed by atoms with E-state index < -0.39 is 0 Å². The summed E-state index contributed by atoms with van der Waals surface area (Å²) in [5, 5.41) is 19.1. The molecule has 1 rings (SSSR count). The van der Waals surface area contributed by atoms with Crippen molar-refractivity contribution in [1.29, 1.82) is 0 Å². The van der Waals surface area contributed by atoms with Crippen LogP contribution < -0.4 is 10.5 Å². The largest absolute Gasteiger partial charge is 0.476 e. The Morgan fingerprint density at radius 1 is 1.56 bits per heavy atom. The standard InChI is InChI=1S/C11H18N4O3/c1-11(2,17-3)5-7-18-10-8(9(12)15-16)4-6-13-14-10/h4,6,16H,5,7H2,1-3H3,(H2,12,15). The van der Waals surface area contributed by atoms with Crippen LogP contribution in [0.25, 0.3) is 0 Å². The molecule has 0 radical (unpaired) electrons. The Kier molecular flexibility index (Phi) is 4.85. The lowest BCUT2D eigenvalue weighted by molar-refractivity contribution is 0.00498. The average Bonchev–Trinajstić information content (AvgIpc) is 2.38. The van der Waals surface area contributed by atoms with Crippen molar-refractivity contribution in [2.45, 2.75) is 25.9 Å². The van der Waals surface area contributed by atoms with Gasteiger partial charge >= 0.3 is 0 Å². The fourth-order valence-electron chi connectivity index (χ4n) is 1.17. The third-order valence-corrected chi connectivity index (χ3v) is 2.57. The zero-order valence-electron chi connectivity index (χ0n) is 10.8. The maximum absolute atomic E-state index is 8.64. The summed E-state index contributed by atoms with van der Waals surface area (Å²) < 4.78 is 10.7. The number of hydrogen-bond acceptors (Lipinski definition) is 6. The Morgan fingerprint density at radius 2 is 2.28 bits per heavy atom. The van der Waals surface area contributed by atoms with E-state index in [1.807, 2.05) is 13.8 Å². The van der Waals surface area contributed by atoms with E-state index in [1.54, 1.807) is 13.2 Å². The van der Waals surface area contributed by atoms with Crippen LogP contribution in [-0.4, -0.2) is 40.6 Å². The number of nitrogens with zero attached hydrogens (tertiary/aromatic N) is 3. The molecule has 100 valence electrons. The number of aromatic nitrogens is 2. The Hall–Kier alpha value is -1.89. The fraction of sp³-hybridized carbons (Fsp3) is 0.545. The van der Waals surface area contributed by atoms with Gasteiger partial charge in [0, 0.05) is 13.5 Å². The SMILES string of the molecule is COC(C)(C)CCOc1nnccc1/C(N)=N/O. The summed E-state index contributed by atoms with van der Waals surface area (Å²) in [6.07, 6.45) is 2.12. The number of rotatable bonds is 6. The first-order valence-electron chi connectivity index (χ1n) is 5.47. The lowest BCUT2D eigenvalue weighted by Gasteiger charge is -2.22. The van der Waals surface area contributed by atoms with E-state index >= 15 is 0 Å². The quantitative estimate of drug-likeness (QED) is 0.336. The lowest BCUT2D eigenvalue weighted by atomic mass is 10.1. The number of hydrogen-bond donors (Lipinski definition) is 2. The van der Waals surface area contributed by atoms with Crippen molar-refractivity contribution < 1.29 is 14.7 Å². The molecule has 1 heterocycles. The molecule has 18 heavy (non-hydrogen) atoms. The summed E-state index contributed by atoms with van der Waals surface area (Å²) in [6, 6.07) is 1.57. The third-order valence-electron chi connectivity index (χ3n) is 2.57. The Labute approximate surface area is 106 Å². The van der Waals surface area contributed by atoms with Crippen molar-refractivity contribution in [2.24, 2.45) is 10.9 Å². The van der Waals surface area contributed by atoms with Crippen LogP contribution in [0.2, 0.25) is 0 Å². The van der Waals surface area contributed by atoms with Crippen LogP contribution in [0.15, 0.2) is 17.4 Å². The number of ether oxygens (including phenoxy) is 2. The predicted molar refractivity (Wildman–Crippen MR) is 65.7 cm³/mol. The third kappa shape index (κ3) is 3.85. The molecule has 0 aliphatic heterocycles. The minimum Gasteiger partial charge on any atom is -0.476 e. The summed E-state index contributed by atoms with van der Waals surface area (Å²) in [5.74, 6) is 0.172. The molecular weight excluding hydrogens is 236 g/mol. The second-order valence-electron chi connectivity index (χ2n) is 4.30. The fourth-order valence-corrected chi connectivity index (χ4v) is 1.17. The van der Waals surface area contributed by atoms with Gasteiger partial charge in [0.15, 0.2) is 5.84 Å². The Balaban J connectivity index is 2.68. The van der Waals surface area contributed by atoms with Gasteiger partial charge < -0.3 is 20.4 Å². The van der Waals surface area contributed by atoms with Gasteiger partial charge in [-0.15, -0.1) is 5.10 Å². The van der Waals surface area contributed by atoms with E-state index in [0.717, 1.165) is 0 Å². The number of oxime groups is 1. The highest BCUT2D eigenvalue weighted by molar-refractivity contribution is 5.98. The molecule has 7 nitrogen and oxygen atoms in total. The lowest BCUT2D eigenvalue weighted by Crippen LogP contribution is -2.25.